The lowest BCUT2D eigenvalue weighted by Crippen LogP contribution is -2.08. The van der Waals surface area contributed by atoms with Crippen LogP contribution in [0, 0.1) is 11.8 Å². The van der Waals surface area contributed by atoms with Crippen molar-refractivity contribution < 1.29 is 0 Å². The van der Waals surface area contributed by atoms with E-state index in [0.29, 0.717) is 5.92 Å². The average molecular weight is 285 g/mol. The summed E-state index contributed by atoms with van der Waals surface area (Å²) in [6, 6.07) is 6.88. The molecule has 0 amide bonds. The zero-order chi connectivity index (χ0) is 15.2. The van der Waals surface area contributed by atoms with Gasteiger partial charge in [-0.1, -0.05) is 45.4 Å². The molecular formula is C18H27N3. The minimum atomic E-state index is 0.496. The first-order chi connectivity index (χ1) is 10.2. The first-order valence-corrected chi connectivity index (χ1v) is 8.18. The third kappa shape index (κ3) is 3.78. The average Bonchev–Trinajstić information content (AvgIpc) is 2.87. The van der Waals surface area contributed by atoms with Crippen LogP contribution < -0.4 is 0 Å². The number of nitrogens with zero attached hydrogens (tertiary/aromatic N) is 3. The van der Waals surface area contributed by atoms with Gasteiger partial charge in [-0.15, -0.1) is 5.10 Å². The summed E-state index contributed by atoms with van der Waals surface area (Å²) >= 11 is 0. The molecule has 1 aliphatic rings. The van der Waals surface area contributed by atoms with Crippen molar-refractivity contribution in [3.8, 4) is 0 Å². The maximum atomic E-state index is 4.33. The van der Waals surface area contributed by atoms with Crippen molar-refractivity contribution in [2.24, 2.45) is 27.3 Å². The molecule has 1 aromatic carbocycles. The highest BCUT2D eigenvalue weighted by Gasteiger charge is 2.27. The van der Waals surface area contributed by atoms with Gasteiger partial charge >= 0.3 is 0 Å². The number of aryl methyl sites for hydroxylation is 1. The fourth-order valence-corrected chi connectivity index (χ4v) is 2.99. The molecule has 0 radical (unpaired) electrons. The zero-order valence-corrected chi connectivity index (χ0v) is 13.8. The zero-order valence-electron chi connectivity index (χ0n) is 13.8. The van der Waals surface area contributed by atoms with Crippen molar-refractivity contribution in [2.75, 3.05) is 7.05 Å². The maximum absolute atomic E-state index is 4.33. The normalized spacial score (nSPS) is 21.1. The highest BCUT2D eigenvalue weighted by atomic mass is 15.4. The van der Waals surface area contributed by atoms with E-state index in [1.807, 2.05) is 0 Å². The molecule has 1 aromatic rings. The summed E-state index contributed by atoms with van der Waals surface area (Å²) in [5, 5.41) is 11.9. The van der Waals surface area contributed by atoms with E-state index in [1.165, 1.54) is 36.0 Å². The van der Waals surface area contributed by atoms with Gasteiger partial charge in [-0.05, 0) is 48.0 Å². The van der Waals surface area contributed by atoms with Crippen molar-refractivity contribution in [3.63, 3.8) is 0 Å². The first-order valence-electron chi connectivity index (χ1n) is 8.18. The van der Waals surface area contributed by atoms with E-state index >= 15 is 0 Å². The summed E-state index contributed by atoms with van der Waals surface area (Å²) in [7, 11) is 1.67. The molecule has 21 heavy (non-hydrogen) atoms. The molecule has 114 valence electrons. The lowest BCUT2D eigenvalue weighted by molar-refractivity contribution is 0.516. The Balaban J connectivity index is 2.19. The minimum Gasteiger partial charge on any atom is -0.172 e. The van der Waals surface area contributed by atoms with Crippen molar-refractivity contribution in [3.05, 3.63) is 34.9 Å². The van der Waals surface area contributed by atoms with E-state index < -0.39 is 0 Å². The summed E-state index contributed by atoms with van der Waals surface area (Å²) < 4.78 is 0. The van der Waals surface area contributed by atoms with Gasteiger partial charge in [-0.25, -0.2) is 0 Å². The van der Waals surface area contributed by atoms with Crippen LogP contribution in [0.25, 0.3) is 0 Å². The highest BCUT2D eigenvalue weighted by Crippen LogP contribution is 2.31. The minimum absolute atomic E-state index is 0.496. The Kier molecular flexibility index (Phi) is 5.66. The molecule has 2 unspecified atom stereocenters. The smallest absolute Gasteiger partial charge is 0.0757 e. The summed E-state index contributed by atoms with van der Waals surface area (Å²) in [6.45, 7) is 6.82. The van der Waals surface area contributed by atoms with Gasteiger partial charge in [0.1, 0.15) is 0 Å². The second-order valence-corrected chi connectivity index (χ2v) is 6.13. The third-order valence-corrected chi connectivity index (χ3v) is 4.66. The fraction of sp³-hybridized carbons (Fsp3) is 0.611. The fourth-order valence-electron chi connectivity index (χ4n) is 2.99. The number of rotatable bonds is 6. The Bertz CT molecular complexity index is 531. The molecule has 0 fully saturated rings. The van der Waals surface area contributed by atoms with Crippen molar-refractivity contribution in [2.45, 2.75) is 52.9 Å². The molecule has 2 atom stereocenters. The summed E-state index contributed by atoms with van der Waals surface area (Å²) in [5.41, 5.74) is 5.30. The summed E-state index contributed by atoms with van der Waals surface area (Å²) in [4.78, 5) is 0. The molecule has 0 spiro atoms. The molecule has 1 aliphatic carbocycles. The largest absolute Gasteiger partial charge is 0.172 e. The Hall–Kier alpha value is -1.51. The summed E-state index contributed by atoms with van der Waals surface area (Å²) in [5.74, 6) is 1.30. The third-order valence-electron chi connectivity index (χ3n) is 4.66. The number of hydrogen-bond donors (Lipinski definition) is 0. The monoisotopic (exact) mass is 285 g/mol. The van der Waals surface area contributed by atoms with Gasteiger partial charge in [0, 0.05) is 11.5 Å². The van der Waals surface area contributed by atoms with Crippen molar-refractivity contribution in [1.29, 1.82) is 0 Å². The van der Waals surface area contributed by atoms with E-state index in [1.54, 1.807) is 7.05 Å². The van der Waals surface area contributed by atoms with Crippen LogP contribution in [-0.2, 0) is 12.8 Å². The molecule has 0 aliphatic heterocycles. The van der Waals surface area contributed by atoms with Gasteiger partial charge < -0.3 is 0 Å². The molecule has 0 aromatic heterocycles. The van der Waals surface area contributed by atoms with Crippen LogP contribution >= 0.6 is 0 Å². The number of fused-ring (bicyclic) bond motifs is 1. The van der Waals surface area contributed by atoms with E-state index in [9.17, 15) is 0 Å². The molecule has 2 rings (SSSR count). The molecule has 0 bridgehead atoms. The molecular weight excluding hydrogens is 258 g/mol. The van der Waals surface area contributed by atoms with Gasteiger partial charge in [0.2, 0.25) is 0 Å². The predicted octanol–water partition coefficient (Wildman–Crippen LogP) is 5.03. The van der Waals surface area contributed by atoms with Gasteiger partial charge in [0.15, 0.2) is 0 Å². The van der Waals surface area contributed by atoms with E-state index in [2.05, 4.69) is 54.4 Å². The number of benzene rings is 1. The topological polar surface area (TPSA) is 37.1 Å². The molecule has 3 heteroatoms. The van der Waals surface area contributed by atoms with Gasteiger partial charge in [-0.2, -0.15) is 5.11 Å². The second kappa shape index (κ2) is 7.48. The first kappa shape index (κ1) is 15.9. The van der Waals surface area contributed by atoms with Gasteiger partial charge in [0.05, 0.1) is 12.8 Å². The SMILES string of the molecule is CCC(C)CCc1ccc2c(c1)CC(CC)C2=NN=NC. The van der Waals surface area contributed by atoms with Crippen LogP contribution in [0.15, 0.2) is 33.6 Å². The quantitative estimate of drug-likeness (QED) is 0.519. The molecule has 0 saturated heterocycles. The molecule has 0 saturated carbocycles. The molecule has 0 heterocycles. The van der Waals surface area contributed by atoms with E-state index in [0.717, 1.165) is 24.5 Å². The van der Waals surface area contributed by atoms with Crippen molar-refractivity contribution >= 4 is 5.71 Å². The van der Waals surface area contributed by atoms with E-state index in [-0.39, 0.29) is 0 Å². The van der Waals surface area contributed by atoms with Crippen molar-refractivity contribution in [1.82, 2.24) is 0 Å². The van der Waals surface area contributed by atoms with E-state index in [4.69, 9.17) is 0 Å². The highest BCUT2D eigenvalue weighted by molar-refractivity contribution is 6.06. The van der Waals surface area contributed by atoms with Crippen LogP contribution in [-0.4, -0.2) is 12.8 Å². The van der Waals surface area contributed by atoms with Gasteiger partial charge in [0.25, 0.3) is 0 Å². The predicted molar refractivity (Wildman–Crippen MR) is 89.0 cm³/mol. The Morgan fingerprint density at radius 3 is 2.76 bits per heavy atom. The summed E-state index contributed by atoms with van der Waals surface area (Å²) in [6.07, 6.45) is 5.93. The Morgan fingerprint density at radius 2 is 2.10 bits per heavy atom. The van der Waals surface area contributed by atoms with Crippen LogP contribution in [0.2, 0.25) is 0 Å². The van der Waals surface area contributed by atoms with Gasteiger partial charge in [-0.3, -0.25) is 0 Å². The number of hydrogen-bond acceptors (Lipinski definition) is 2. The van der Waals surface area contributed by atoms with Crippen LogP contribution in [0.5, 0.6) is 0 Å². The van der Waals surface area contributed by atoms with Crippen LogP contribution in [0.1, 0.15) is 56.7 Å². The van der Waals surface area contributed by atoms with Crippen LogP contribution in [0.3, 0.4) is 0 Å². The Labute approximate surface area is 128 Å². The lowest BCUT2D eigenvalue weighted by atomic mass is 9.97. The van der Waals surface area contributed by atoms with Crippen LogP contribution in [0.4, 0.5) is 0 Å². The lowest BCUT2D eigenvalue weighted by Gasteiger charge is -2.09. The maximum Gasteiger partial charge on any atom is 0.0757 e. The second-order valence-electron chi connectivity index (χ2n) is 6.13. The Morgan fingerprint density at radius 1 is 1.29 bits per heavy atom. The standard InChI is InChI=1S/C18H27N3/c1-5-13(3)7-8-14-9-10-17-16(11-14)12-15(6-2)18(17)20-21-19-4/h9-11,13,15H,5-8,12H2,1-4H3. The molecule has 3 nitrogen and oxygen atoms in total. The molecule has 0 N–H and O–H groups in total.